The van der Waals surface area contributed by atoms with Crippen molar-refractivity contribution in [3.05, 3.63) is 26.6 Å². The van der Waals surface area contributed by atoms with Crippen LogP contribution in [0.1, 0.15) is 19.4 Å². The average Bonchev–Trinajstić information content (AvgIpc) is 2.25. The Hall–Kier alpha value is -0.570. The van der Waals surface area contributed by atoms with Crippen LogP contribution in [0.3, 0.4) is 0 Å². The van der Waals surface area contributed by atoms with E-state index in [1.165, 1.54) is 0 Å². The molecular weight excluding hydrogens is 348 g/mol. The maximum Gasteiger partial charge on any atom is 0.174 e. The Kier molecular flexibility index (Phi) is 5.96. The fourth-order valence-electron chi connectivity index (χ4n) is 1.28. The van der Waals surface area contributed by atoms with E-state index in [1.54, 1.807) is 0 Å². The normalized spacial score (nSPS) is 10.4. The molecule has 0 amide bonds. The van der Waals surface area contributed by atoms with Crippen molar-refractivity contribution in [1.82, 2.24) is 5.32 Å². The van der Waals surface area contributed by atoms with Crippen molar-refractivity contribution in [3.8, 4) is 11.8 Å². The van der Waals surface area contributed by atoms with Gasteiger partial charge in [-0.1, -0.05) is 13.8 Å². The zero-order valence-corrected chi connectivity index (χ0v) is 12.9. The summed E-state index contributed by atoms with van der Waals surface area (Å²) >= 11 is 6.89. The number of hydrogen-bond acceptors (Lipinski definition) is 3. The molecule has 0 spiro atoms. The van der Waals surface area contributed by atoms with Crippen LogP contribution in [0.5, 0.6) is 5.75 Å². The third kappa shape index (κ3) is 4.66. The Morgan fingerprint density at radius 1 is 1.35 bits per heavy atom. The highest BCUT2D eigenvalue weighted by Crippen LogP contribution is 2.34. The van der Waals surface area contributed by atoms with Gasteiger partial charge in [0.2, 0.25) is 0 Å². The largest absolute Gasteiger partial charge is 0.476 e. The zero-order valence-electron chi connectivity index (χ0n) is 9.76. The van der Waals surface area contributed by atoms with E-state index in [0.717, 1.165) is 21.1 Å². The van der Waals surface area contributed by atoms with E-state index in [1.807, 2.05) is 18.2 Å². The number of nitrogens with zero attached hydrogens (tertiary/aromatic N) is 1. The van der Waals surface area contributed by atoms with Gasteiger partial charge in [-0.3, -0.25) is 0 Å². The summed E-state index contributed by atoms with van der Waals surface area (Å²) in [6.45, 7) is 5.05. The summed E-state index contributed by atoms with van der Waals surface area (Å²) in [6, 6.07) is 6.38. The molecule has 0 heterocycles. The lowest BCUT2D eigenvalue weighted by atomic mass is 10.2. The van der Waals surface area contributed by atoms with Crippen LogP contribution in [0.25, 0.3) is 0 Å². The Morgan fingerprint density at radius 3 is 2.41 bits per heavy atom. The first-order valence-corrected chi connectivity index (χ1v) is 6.84. The standard InChI is InChI=1S/C12H14Br2N2O/c1-8(2)16-7-9-5-10(13)12(11(14)6-9)17-4-3-15/h5-6,8,16H,4,7H2,1-2H3. The van der Waals surface area contributed by atoms with Crippen LogP contribution >= 0.6 is 31.9 Å². The predicted molar refractivity (Wildman–Crippen MR) is 74.9 cm³/mol. The number of rotatable bonds is 5. The molecule has 1 N–H and O–H groups in total. The molecule has 0 aliphatic carbocycles. The minimum Gasteiger partial charge on any atom is -0.476 e. The van der Waals surface area contributed by atoms with Gasteiger partial charge in [-0.25, -0.2) is 0 Å². The molecule has 0 aromatic heterocycles. The number of benzene rings is 1. The second-order valence-electron chi connectivity index (χ2n) is 3.87. The van der Waals surface area contributed by atoms with Crippen LogP contribution in [0.2, 0.25) is 0 Å². The zero-order chi connectivity index (χ0) is 12.8. The molecule has 3 nitrogen and oxygen atoms in total. The maximum absolute atomic E-state index is 8.49. The summed E-state index contributed by atoms with van der Waals surface area (Å²) in [6.07, 6.45) is 0. The molecular formula is C12H14Br2N2O. The summed E-state index contributed by atoms with van der Waals surface area (Å²) in [5.41, 5.74) is 1.15. The van der Waals surface area contributed by atoms with Gasteiger partial charge < -0.3 is 10.1 Å². The fourth-order valence-corrected chi connectivity index (χ4v) is 2.79. The summed E-state index contributed by atoms with van der Waals surface area (Å²) in [4.78, 5) is 0. The van der Waals surface area contributed by atoms with Gasteiger partial charge in [0.1, 0.15) is 11.8 Å². The maximum atomic E-state index is 8.49. The van der Waals surface area contributed by atoms with Gasteiger partial charge >= 0.3 is 0 Å². The molecule has 1 rings (SSSR count). The molecule has 0 atom stereocenters. The topological polar surface area (TPSA) is 45.0 Å². The Morgan fingerprint density at radius 2 is 1.94 bits per heavy atom. The van der Waals surface area contributed by atoms with Crippen molar-refractivity contribution < 1.29 is 4.74 Å². The summed E-state index contributed by atoms with van der Waals surface area (Å²) < 4.78 is 7.02. The Labute approximate surface area is 118 Å². The SMILES string of the molecule is CC(C)NCc1cc(Br)c(OCC#N)c(Br)c1. The quantitative estimate of drug-likeness (QED) is 0.871. The highest BCUT2D eigenvalue weighted by Gasteiger charge is 2.09. The third-order valence-electron chi connectivity index (χ3n) is 2.05. The average molecular weight is 362 g/mol. The van der Waals surface area contributed by atoms with Crippen LogP contribution in [0, 0.1) is 11.3 Å². The smallest absolute Gasteiger partial charge is 0.174 e. The minimum absolute atomic E-state index is 0.0425. The molecule has 0 saturated heterocycles. The van der Waals surface area contributed by atoms with Crippen molar-refractivity contribution in [1.29, 1.82) is 5.26 Å². The van der Waals surface area contributed by atoms with Gasteiger partial charge in [0, 0.05) is 12.6 Å². The molecule has 0 bridgehead atoms. The van der Waals surface area contributed by atoms with Crippen LogP contribution in [-0.4, -0.2) is 12.6 Å². The summed E-state index contributed by atoms with van der Waals surface area (Å²) in [7, 11) is 0. The predicted octanol–water partition coefficient (Wildman–Crippen LogP) is 3.61. The van der Waals surface area contributed by atoms with Crippen LogP contribution in [0.15, 0.2) is 21.1 Å². The lowest BCUT2D eigenvalue weighted by Gasteiger charge is -2.12. The van der Waals surface area contributed by atoms with E-state index in [-0.39, 0.29) is 6.61 Å². The van der Waals surface area contributed by atoms with E-state index < -0.39 is 0 Å². The minimum atomic E-state index is 0.0425. The molecule has 0 aliphatic rings. The van der Waals surface area contributed by atoms with Crippen LogP contribution < -0.4 is 10.1 Å². The van der Waals surface area contributed by atoms with Crippen LogP contribution in [-0.2, 0) is 6.54 Å². The van der Waals surface area contributed by atoms with E-state index in [9.17, 15) is 0 Å². The number of nitrogens with one attached hydrogen (secondary N) is 1. The van der Waals surface area contributed by atoms with Crippen molar-refractivity contribution in [2.75, 3.05) is 6.61 Å². The van der Waals surface area contributed by atoms with E-state index in [0.29, 0.717) is 11.8 Å². The summed E-state index contributed by atoms with van der Waals surface area (Å²) in [5.74, 6) is 0.667. The van der Waals surface area contributed by atoms with Crippen molar-refractivity contribution in [2.45, 2.75) is 26.4 Å². The van der Waals surface area contributed by atoms with Crippen LogP contribution in [0.4, 0.5) is 0 Å². The fraction of sp³-hybridized carbons (Fsp3) is 0.417. The van der Waals surface area contributed by atoms with E-state index in [2.05, 4.69) is 51.0 Å². The van der Waals surface area contributed by atoms with E-state index >= 15 is 0 Å². The van der Waals surface area contributed by atoms with Gasteiger partial charge in [-0.05, 0) is 49.6 Å². The molecule has 5 heteroatoms. The number of ether oxygens (including phenoxy) is 1. The van der Waals surface area contributed by atoms with E-state index in [4.69, 9.17) is 10.00 Å². The molecule has 0 saturated carbocycles. The first-order chi connectivity index (χ1) is 8.04. The molecule has 0 aliphatic heterocycles. The molecule has 1 aromatic rings. The number of hydrogen-bond donors (Lipinski definition) is 1. The second-order valence-corrected chi connectivity index (χ2v) is 5.58. The molecule has 0 fully saturated rings. The van der Waals surface area contributed by atoms with Gasteiger partial charge in [0.25, 0.3) is 0 Å². The van der Waals surface area contributed by atoms with Gasteiger partial charge in [0.15, 0.2) is 6.61 Å². The highest BCUT2D eigenvalue weighted by molar-refractivity contribution is 9.11. The third-order valence-corrected chi connectivity index (χ3v) is 3.23. The van der Waals surface area contributed by atoms with Crippen molar-refractivity contribution >= 4 is 31.9 Å². The van der Waals surface area contributed by atoms with Gasteiger partial charge in [-0.15, -0.1) is 0 Å². The lowest BCUT2D eigenvalue weighted by Crippen LogP contribution is -2.21. The monoisotopic (exact) mass is 360 g/mol. The Balaban J connectivity index is 2.82. The van der Waals surface area contributed by atoms with Crippen molar-refractivity contribution in [2.24, 2.45) is 0 Å². The highest BCUT2D eigenvalue weighted by atomic mass is 79.9. The van der Waals surface area contributed by atoms with Crippen molar-refractivity contribution in [3.63, 3.8) is 0 Å². The van der Waals surface area contributed by atoms with Gasteiger partial charge in [0.05, 0.1) is 8.95 Å². The Bertz CT molecular complexity index is 404. The molecule has 0 radical (unpaired) electrons. The lowest BCUT2D eigenvalue weighted by molar-refractivity contribution is 0.363. The molecule has 0 unspecified atom stereocenters. The molecule has 17 heavy (non-hydrogen) atoms. The number of halogens is 2. The molecule has 1 aromatic carbocycles. The first kappa shape index (κ1) is 14.5. The second kappa shape index (κ2) is 7.00. The van der Waals surface area contributed by atoms with Gasteiger partial charge in [-0.2, -0.15) is 5.26 Å². The summed E-state index contributed by atoms with van der Waals surface area (Å²) in [5, 5.41) is 11.8. The number of nitriles is 1. The molecule has 92 valence electrons. The first-order valence-electron chi connectivity index (χ1n) is 5.25.